The number of nitrogen functional groups attached to an aromatic ring is 1. The first-order chi connectivity index (χ1) is 15.2. The van der Waals surface area contributed by atoms with Gasteiger partial charge in [-0.25, -0.2) is 9.97 Å². The lowest BCUT2D eigenvalue weighted by Crippen LogP contribution is -2.46. The van der Waals surface area contributed by atoms with Crippen LogP contribution in [0.3, 0.4) is 0 Å². The Balaban J connectivity index is 1.48. The largest absolute Gasteiger partial charge is 0.368 e. The zero-order valence-electron chi connectivity index (χ0n) is 18.3. The quantitative estimate of drug-likeness (QED) is 0.590. The van der Waals surface area contributed by atoms with E-state index in [4.69, 9.17) is 5.73 Å². The fourth-order valence-electron chi connectivity index (χ4n) is 5.24. The summed E-state index contributed by atoms with van der Waals surface area (Å²) in [5.74, 6) is 0.308. The van der Waals surface area contributed by atoms with Gasteiger partial charge in [-0.1, -0.05) is 36.2 Å². The van der Waals surface area contributed by atoms with Crippen LogP contribution in [0.1, 0.15) is 49.4 Å². The minimum atomic E-state index is 0.308. The van der Waals surface area contributed by atoms with E-state index in [1.165, 1.54) is 49.9 Å². The van der Waals surface area contributed by atoms with E-state index in [0.29, 0.717) is 18.0 Å². The summed E-state index contributed by atoms with van der Waals surface area (Å²) in [7, 11) is 0. The third-order valence-corrected chi connectivity index (χ3v) is 6.80. The fourth-order valence-corrected chi connectivity index (χ4v) is 5.24. The number of rotatable bonds is 4. The lowest BCUT2D eigenvalue weighted by molar-refractivity contribution is 0.0740. The summed E-state index contributed by atoms with van der Waals surface area (Å²) in [6.45, 7) is 5.56. The van der Waals surface area contributed by atoms with Gasteiger partial charge < -0.3 is 16.0 Å². The summed E-state index contributed by atoms with van der Waals surface area (Å²) < 4.78 is 0. The Bertz CT molecular complexity index is 1040. The van der Waals surface area contributed by atoms with Crippen LogP contribution in [0.5, 0.6) is 0 Å². The van der Waals surface area contributed by atoms with E-state index < -0.39 is 0 Å². The highest BCUT2D eigenvalue weighted by molar-refractivity contribution is 5.81. The molecule has 3 aromatic rings. The zero-order valence-corrected chi connectivity index (χ0v) is 18.3. The number of benzene rings is 1. The molecule has 2 aliphatic heterocycles. The Hall–Kier alpha value is -2.70. The molecule has 2 fully saturated rings. The van der Waals surface area contributed by atoms with Crippen LogP contribution in [0.4, 0.5) is 5.95 Å². The van der Waals surface area contributed by atoms with E-state index in [-0.39, 0.29) is 0 Å². The molecule has 2 aliphatic rings. The molecule has 6 nitrogen and oxygen atoms in total. The average molecular weight is 417 g/mol. The van der Waals surface area contributed by atoms with Gasteiger partial charge in [0, 0.05) is 35.3 Å². The number of aromatic amines is 1. The van der Waals surface area contributed by atoms with E-state index in [0.717, 1.165) is 35.5 Å². The molecular weight excluding hydrogens is 384 g/mol. The second kappa shape index (κ2) is 8.81. The standard InChI is InChI=1S/C25H32N6/c1-17-5-4-6-18(13-17)21-16-29-25(26)30-24(21)19-14-22(28-15-19)23-7-2-3-12-31(23)20-8-10-27-11-9-20/h4-6,13-16,20,23,27-28H,2-3,7-12H2,1H3,(H2,26,29,30). The molecule has 6 heteroatoms. The third-order valence-electron chi connectivity index (χ3n) is 6.80. The molecule has 31 heavy (non-hydrogen) atoms. The highest BCUT2D eigenvalue weighted by Crippen LogP contribution is 2.37. The molecule has 5 rings (SSSR count). The number of hydrogen-bond donors (Lipinski definition) is 3. The van der Waals surface area contributed by atoms with Gasteiger partial charge in [0.05, 0.1) is 11.7 Å². The van der Waals surface area contributed by atoms with Crippen LogP contribution in [0.2, 0.25) is 0 Å². The molecule has 0 bridgehead atoms. The topological polar surface area (TPSA) is 82.9 Å². The van der Waals surface area contributed by atoms with Crippen molar-refractivity contribution in [1.29, 1.82) is 0 Å². The van der Waals surface area contributed by atoms with Gasteiger partial charge in [-0.3, -0.25) is 4.90 Å². The lowest BCUT2D eigenvalue weighted by atomic mass is 9.93. The van der Waals surface area contributed by atoms with Gasteiger partial charge in [-0.15, -0.1) is 0 Å². The number of aromatic nitrogens is 3. The molecule has 0 amide bonds. The number of hydrogen-bond acceptors (Lipinski definition) is 5. The van der Waals surface area contributed by atoms with Gasteiger partial charge in [0.1, 0.15) is 0 Å². The zero-order chi connectivity index (χ0) is 21.2. The molecule has 162 valence electrons. The van der Waals surface area contributed by atoms with Crippen LogP contribution in [-0.2, 0) is 0 Å². The molecule has 1 unspecified atom stereocenters. The Morgan fingerprint density at radius 3 is 2.77 bits per heavy atom. The third kappa shape index (κ3) is 4.23. The molecule has 2 saturated heterocycles. The number of piperidine rings is 2. The number of anilines is 1. The second-order valence-corrected chi connectivity index (χ2v) is 8.93. The smallest absolute Gasteiger partial charge is 0.220 e. The van der Waals surface area contributed by atoms with Crippen molar-refractivity contribution >= 4 is 5.95 Å². The predicted octanol–water partition coefficient (Wildman–Crippen LogP) is 4.31. The molecule has 0 aliphatic carbocycles. The first-order valence-corrected chi connectivity index (χ1v) is 11.5. The van der Waals surface area contributed by atoms with Crippen LogP contribution < -0.4 is 11.1 Å². The second-order valence-electron chi connectivity index (χ2n) is 8.93. The maximum atomic E-state index is 6.00. The number of likely N-dealkylation sites (tertiary alicyclic amines) is 1. The van der Waals surface area contributed by atoms with Gasteiger partial charge in [-0.2, -0.15) is 0 Å². The van der Waals surface area contributed by atoms with E-state index in [1.54, 1.807) is 0 Å². The van der Waals surface area contributed by atoms with Crippen molar-refractivity contribution in [1.82, 2.24) is 25.2 Å². The summed E-state index contributed by atoms with van der Waals surface area (Å²) in [6.07, 6.45) is 10.2. The molecule has 2 aromatic heterocycles. The van der Waals surface area contributed by atoms with Crippen molar-refractivity contribution < 1.29 is 0 Å². The Morgan fingerprint density at radius 2 is 1.94 bits per heavy atom. The lowest BCUT2D eigenvalue weighted by Gasteiger charge is -2.42. The number of nitrogens with one attached hydrogen (secondary N) is 2. The number of H-pyrrole nitrogens is 1. The van der Waals surface area contributed by atoms with Gasteiger partial charge in [0.2, 0.25) is 5.95 Å². The summed E-state index contributed by atoms with van der Waals surface area (Å²) >= 11 is 0. The molecule has 0 spiro atoms. The maximum Gasteiger partial charge on any atom is 0.220 e. The molecule has 4 N–H and O–H groups in total. The normalized spacial score (nSPS) is 20.7. The van der Waals surface area contributed by atoms with Crippen molar-refractivity contribution in [3.8, 4) is 22.4 Å². The summed E-state index contributed by atoms with van der Waals surface area (Å²) in [6, 6.07) is 11.9. The molecule has 0 saturated carbocycles. The number of nitrogens with two attached hydrogens (primary N) is 1. The van der Waals surface area contributed by atoms with Crippen molar-refractivity contribution in [2.45, 2.75) is 51.1 Å². The van der Waals surface area contributed by atoms with Crippen LogP contribution in [0.15, 0.2) is 42.7 Å². The predicted molar refractivity (Wildman–Crippen MR) is 126 cm³/mol. The Kier molecular flexibility index (Phi) is 5.74. The Morgan fingerprint density at radius 1 is 1.06 bits per heavy atom. The van der Waals surface area contributed by atoms with E-state index in [9.17, 15) is 0 Å². The minimum Gasteiger partial charge on any atom is -0.368 e. The van der Waals surface area contributed by atoms with Gasteiger partial charge in [-0.05, 0) is 63.9 Å². The van der Waals surface area contributed by atoms with Crippen LogP contribution in [0, 0.1) is 6.92 Å². The fraction of sp³-hybridized carbons (Fsp3) is 0.440. The first-order valence-electron chi connectivity index (χ1n) is 11.5. The van der Waals surface area contributed by atoms with Crippen LogP contribution in [0.25, 0.3) is 22.4 Å². The first kappa shape index (κ1) is 20.2. The van der Waals surface area contributed by atoms with Gasteiger partial charge >= 0.3 is 0 Å². The molecule has 1 atom stereocenters. The van der Waals surface area contributed by atoms with E-state index in [1.807, 2.05) is 6.20 Å². The number of nitrogens with zero attached hydrogens (tertiary/aromatic N) is 3. The van der Waals surface area contributed by atoms with Crippen molar-refractivity contribution in [2.24, 2.45) is 0 Å². The molecule has 4 heterocycles. The molecule has 1 aromatic carbocycles. The minimum absolute atomic E-state index is 0.308. The molecule has 0 radical (unpaired) electrons. The summed E-state index contributed by atoms with van der Waals surface area (Å²) in [5.41, 5.74) is 12.6. The highest BCUT2D eigenvalue weighted by Gasteiger charge is 2.31. The SMILES string of the molecule is Cc1cccc(-c2cnc(N)nc2-c2c[nH]c(C3CCCCN3C3CCNCC3)c2)c1. The van der Waals surface area contributed by atoms with E-state index >= 15 is 0 Å². The van der Waals surface area contributed by atoms with Gasteiger partial charge in [0.15, 0.2) is 0 Å². The summed E-state index contributed by atoms with van der Waals surface area (Å²) in [4.78, 5) is 15.3. The van der Waals surface area contributed by atoms with E-state index in [2.05, 4.69) is 68.6 Å². The highest BCUT2D eigenvalue weighted by atomic mass is 15.2. The maximum absolute atomic E-state index is 6.00. The summed E-state index contributed by atoms with van der Waals surface area (Å²) in [5, 5.41) is 3.50. The van der Waals surface area contributed by atoms with Crippen molar-refractivity contribution in [3.63, 3.8) is 0 Å². The monoisotopic (exact) mass is 416 g/mol. The molecular formula is C25H32N6. The van der Waals surface area contributed by atoms with Crippen LogP contribution >= 0.6 is 0 Å². The van der Waals surface area contributed by atoms with Crippen molar-refractivity contribution in [3.05, 3.63) is 54.0 Å². The Labute approximate surface area is 184 Å². The van der Waals surface area contributed by atoms with Crippen molar-refractivity contribution in [2.75, 3.05) is 25.4 Å². The van der Waals surface area contributed by atoms with Gasteiger partial charge in [0.25, 0.3) is 0 Å². The average Bonchev–Trinajstić information content (AvgIpc) is 3.30. The number of aryl methyl sites for hydroxylation is 1. The van der Waals surface area contributed by atoms with Crippen LogP contribution in [-0.4, -0.2) is 45.5 Å².